The quantitative estimate of drug-likeness (QED) is 0.173. The number of hydrogen-bond donors (Lipinski definition) is 1. The van der Waals surface area contributed by atoms with Gasteiger partial charge in [0.1, 0.15) is 10.6 Å². The SMILES string of the molecule is Cc1ccc(-n2c(SCC(=O)N/N=C/c3cccc(F)c3)nc3sc4c(c3c2=O)CCCC4)cc1. The van der Waals surface area contributed by atoms with Gasteiger partial charge in [-0.25, -0.2) is 14.8 Å². The van der Waals surface area contributed by atoms with Gasteiger partial charge in [-0.1, -0.05) is 41.6 Å². The topological polar surface area (TPSA) is 76.3 Å². The molecule has 2 aromatic heterocycles. The van der Waals surface area contributed by atoms with E-state index in [4.69, 9.17) is 4.98 Å². The number of benzene rings is 2. The molecule has 0 unspecified atom stereocenters. The summed E-state index contributed by atoms with van der Waals surface area (Å²) in [6.45, 7) is 1.99. The molecule has 0 radical (unpaired) electrons. The van der Waals surface area contributed by atoms with Gasteiger partial charge in [0.15, 0.2) is 5.16 Å². The minimum Gasteiger partial charge on any atom is -0.272 e. The van der Waals surface area contributed by atoms with Crippen LogP contribution in [0.25, 0.3) is 15.9 Å². The van der Waals surface area contributed by atoms with Gasteiger partial charge in [0, 0.05) is 4.88 Å². The Kier molecular flexibility index (Phi) is 6.79. The van der Waals surface area contributed by atoms with Gasteiger partial charge in [-0.05, 0) is 68.0 Å². The predicted octanol–water partition coefficient (Wildman–Crippen LogP) is 5.02. The Morgan fingerprint density at radius 1 is 1.23 bits per heavy atom. The third-order valence-electron chi connectivity index (χ3n) is 5.83. The van der Waals surface area contributed by atoms with E-state index >= 15 is 0 Å². The lowest BCUT2D eigenvalue weighted by atomic mass is 9.97. The molecule has 1 amide bonds. The van der Waals surface area contributed by atoms with Crippen molar-refractivity contribution < 1.29 is 9.18 Å². The van der Waals surface area contributed by atoms with Crippen molar-refractivity contribution in [1.29, 1.82) is 0 Å². The first-order chi connectivity index (χ1) is 17.0. The Morgan fingerprint density at radius 3 is 2.83 bits per heavy atom. The molecular weight excluding hydrogens is 483 g/mol. The lowest BCUT2D eigenvalue weighted by molar-refractivity contribution is -0.118. The summed E-state index contributed by atoms with van der Waals surface area (Å²) < 4.78 is 14.9. The summed E-state index contributed by atoms with van der Waals surface area (Å²) >= 11 is 2.78. The average Bonchev–Trinajstić information content (AvgIpc) is 3.22. The highest BCUT2D eigenvalue weighted by Crippen LogP contribution is 2.35. The van der Waals surface area contributed by atoms with Gasteiger partial charge < -0.3 is 0 Å². The van der Waals surface area contributed by atoms with Gasteiger partial charge in [-0.2, -0.15) is 5.10 Å². The second kappa shape index (κ2) is 10.1. The van der Waals surface area contributed by atoms with Crippen LogP contribution in [0.4, 0.5) is 4.39 Å². The second-order valence-corrected chi connectivity index (χ2v) is 10.4. The first kappa shape index (κ1) is 23.4. The first-order valence-corrected chi connectivity index (χ1v) is 13.1. The number of carbonyl (C=O) groups excluding carboxylic acids is 1. The number of hydrazone groups is 1. The van der Waals surface area contributed by atoms with E-state index in [2.05, 4.69) is 10.5 Å². The summed E-state index contributed by atoms with van der Waals surface area (Å²) in [6, 6.07) is 13.6. The lowest BCUT2D eigenvalue weighted by Gasteiger charge is -2.13. The van der Waals surface area contributed by atoms with E-state index in [9.17, 15) is 14.0 Å². The zero-order valence-corrected chi connectivity index (χ0v) is 20.7. The van der Waals surface area contributed by atoms with E-state index in [1.54, 1.807) is 28.0 Å². The van der Waals surface area contributed by atoms with Crippen LogP contribution in [0.3, 0.4) is 0 Å². The van der Waals surface area contributed by atoms with Crippen molar-refractivity contribution in [1.82, 2.24) is 15.0 Å². The van der Waals surface area contributed by atoms with Crippen molar-refractivity contribution in [3.63, 3.8) is 0 Å². The number of nitrogens with zero attached hydrogens (tertiary/aromatic N) is 3. The number of nitrogens with one attached hydrogen (secondary N) is 1. The van der Waals surface area contributed by atoms with Crippen molar-refractivity contribution in [3.8, 4) is 5.69 Å². The van der Waals surface area contributed by atoms with E-state index < -0.39 is 0 Å². The molecule has 2 heterocycles. The first-order valence-electron chi connectivity index (χ1n) is 11.3. The maximum atomic E-state index is 13.7. The fourth-order valence-corrected chi connectivity index (χ4v) is 6.24. The van der Waals surface area contributed by atoms with Crippen molar-refractivity contribution >= 4 is 45.4 Å². The largest absolute Gasteiger partial charge is 0.272 e. The molecular formula is C26H23FN4O2S2. The molecule has 1 N–H and O–H groups in total. The molecule has 0 saturated carbocycles. The van der Waals surface area contributed by atoms with Gasteiger partial charge in [0.25, 0.3) is 11.5 Å². The van der Waals surface area contributed by atoms with Crippen LogP contribution >= 0.6 is 23.1 Å². The number of rotatable bonds is 6. The van der Waals surface area contributed by atoms with Gasteiger partial charge in [0.05, 0.1) is 23.0 Å². The van der Waals surface area contributed by atoms with Gasteiger partial charge in [0.2, 0.25) is 0 Å². The van der Waals surface area contributed by atoms with Crippen LogP contribution in [-0.2, 0) is 17.6 Å². The fraction of sp³-hybridized carbons (Fsp3) is 0.231. The van der Waals surface area contributed by atoms with E-state index in [0.29, 0.717) is 16.1 Å². The van der Waals surface area contributed by atoms with Crippen LogP contribution in [0.1, 0.15) is 34.4 Å². The average molecular weight is 507 g/mol. The summed E-state index contributed by atoms with van der Waals surface area (Å²) in [5.41, 5.74) is 5.85. The summed E-state index contributed by atoms with van der Waals surface area (Å²) in [4.78, 5) is 33.0. The number of aryl methyl sites for hydroxylation is 3. The number of hydrogen-bond acceptors (Lipinski definition) is 6. The number of thiophene rings is 1. The van der Waals surface area contributed by atoms with Crippen molar-refractivity contribution in [2.75, 3.05) is 5.75 Å². The predicted molar refractivity (Wildman–Crippen MR) is 139 cm³/mol. The Morgan fingerprint density at radius 2 is 2.03 bits per heavy atom. The summed E-state index contributed by atoms with van der Waals surface area (Å²) in [5, 5.41) is 5.08. The minimum atomic E-state index is -0.373. The van der Waals surface area contributed by atoms with Crippen LogP contribution in [0.5, 0.6) is 0 Å². The van der Waals surface area contributed by atoms with Crippen LogP contribution in [-0.4, -0.2) is 27.4 Å². The van der Waals surface area contributed by atoms with E-state index in [0.717, 1.165) is 47.3 Å². The molecule has 1 aliphatic carbocycles. The second-order valence-electron chi connectivity index (χ2n) is 8.40. The highest BCUT2D eigenvalue weighted by Gasteiger charge is 2.23. The molecule has 0 saturated heterocycles. The third kappa shape index (κ3) is 5.06. The normalized spacial score (nSPS) is 13.3. The maximum absolute atomic E-state index is 13.7. The van der Waals surface area contributed by atoms with Crippen LogP contribution < -0.4 is 11.0 Å². The fourth-order valence-electron chi connectivity index (χ4n) is 4.13. The molecule has 0 aliphatic heterocycles. The van der Waals surface area contributed by atoms with Crippen molar-refractivity contribution in [2.45, 2.75) is 37.8 Å². The summed E-state index contributed by atoms with van der Waals surface area (Å²) in [6.07, 6.45) is 5.47. The molecule has 1 aliphatic rings. The molecule has 2 aromatic carbocycles. The molecule has 0 spiro atoms. The van der Waals surface area contributed by atoms with Crippen molar-refractivity contribution in [3.05, 3.63) is 86.3 Å². The smallest absolute Gasteiger partial charge is 0.267 e. The lowest BCUT2D eigenvalue weighted by Crippen LogP contribution is -2.24. The number of carbonyl (C=O) groups is 1. The molecule has 4 aromatic rings. The summed E-state index contributed by atoms with van der Waals surface area (Å²) in [5.74, 6) is -0.699. The number of thioether (sulfide) groups is 1. The van der Waals surface area contributed by atoms with E-state index in [1.165, 1.54) is 35.0 Å². The minimum absolute atomic E-state index is 0.0232. The number of halogens is 1. The van der Waals surface area contributed by atoms with Gasteiger partial charge in [-0.3, -0.25) is 14.2 Å². The zero-order valence-electron chi connectivity index (χ0n) is 19.1. The van der Waals surface area contributed by atoms with Crippen LogP contribution in [0.2, 0.25) is 0 Å². The number of fused-ring (bicyclic) bond motifs is 3. The Bertz CT molecular complexity index is 1490. The van der Waals surface area contributed by atoms with Crippen LogP contribution in [0, 0.1) is 12.7 Å². The Hall–Kier alpha value is -3.30. The molecule has 0 bridgehead atoms. The molecule has 0 atom stereocenters. The highest BCUT2D eigenvalue weighted by molar-refractivity contribution is 7.99. The molecule has 178 valence electrons. The Balaban J connectivity index is 1.43. The van der Waals surface area contributed by atoms with Crippen LogP contribution in [0.15, 0.2) is 63.6 Å². The molecule has 9 heteroatoms. The molecule has 6 nitrogen and oxygen atoms in total. The van der Waals surface area contributed by atoms with Gasteiger partial charge in [-0.15, -0.1) is 11.3 Å². The third-order valence-corrected chi connectivity index (χ3v) is 7.96. The monoisotopic (exact) mass is 506 g/mol. The van der Waals surface area contributed by atoms with E-state index in [-0.39, 0.29) is 23.0 Å². The molecule has 35 heavy (non-hydrogen) atoms. The molecule has 0 fully saturated rings. The standard InChI is InChI=1S/C26H23FN4O2S2/c1-16-9-11-19(12-10-16)31-25(33)23-20-7-2-3-8-21(20)35-24(23)29-26(31)34-15-22(32)30-28-14-17-5-4-6-18(27)13-17/h4-6,9-14H,2-3,7-8,15H2,1H3,(H,30,32)/b28-14+. The van der Waals surface area contributed by atoms with Crippen molar-refractivity contribution in [2.24, 2.45) is 5.10 Å². The highest BCUT2D eigenvalue weighted by atomic mass is 32.2. The molecule has 5 rings (SSSR count). The van der Waals surface area contributed by atoms with Gasteiger partial charge >= 0.3 is 0 Å². The maximum Gasteiger partial charge on any atom is 0.267 e. The number of aromatic nitrogens is 2. The number of amides is 1. The summed E-state index contributed by atoms with van der Waals surface area (Å²) in [7, 11) is 0. The van der Waals surface area contributed by atoms with E-state index in [1.807, 2.05) is 31.2 Å². The Labute approximate surface area is 209 Å². The zero-order chi connectivity index (χ0) is 24.4.